The van der Waals surface area contributed by atoms with Crippen molar-refractivity contribution in [3.05, 3.63) is 53.4 Å². The Labute approximate surface area is 105 Å². The molecule has 3 rings (SSSR count). The van der Waals surface area contributed by atoms with Crippen molar-refractivity contribution in [2.45, 2.75) is 13.3 Å². The van der Waals surface area contributed by atoms with Crippen LogP contribution in [0.3, 0.4) is 0 Å². The van der Waals surface area contributed by atoms with Crippen molar-refractivity contribution in [2.24, 2.45) is 0 Å². The van der Waals surface area contributed by atoms with E-state index in [0.717, 1.165) is 17.6 Å². The smallest absolute Gasteiger partial charge is 0.0817 e. The summed E-state index contributed by atoms with van der Waals surface area (Å²) in [4.78, 5) is 4.79. The standard InChI is InChI=1S/C15H13NS/c1-2-11-10-14-13(8-9-17-14)16-15(11)12-6-4-3-5-7-12/h3-10H,2H2,1H3. The van der Waals surface area contributed by atoms with Gasteiger partial charge in [0.1, 0.15) is 0 Å². The Morgan fingerprint density at radius 1 is 1.12 bits per heavy atom. The predicted octanol–water partition coefficient (Wildman–Crippen LogP) is 4.53. The Balaban J connectivity index is 2.26. The third-order valence-electron chi connectivity index (χ3n) is 2.94. The highest BCUT2D eigenvalue weighted by Gasteiger charge is 2.08. The van der Waals surface area contributed by atoms with E-state index in [2.05, 4.69) is 48.7 Å². The average molecular weight is 239 g/mol. The lowest BCUT2D eigenvalue weighted by Crippen LogP contribution is -1.91. The van der Waals surface area contributed by atoms with Crippen LogP contribution in [0.2, 0.25) is 0 Å². The van der Waals surface area contributed by atoms with Crippen LogP contribution in [0.1, 0.15) is 12.5 Å². The monoisotopic (exact) mass is 239 g/mol. The number of aromatic nitrogens is 1. The maximum absolute atomic E-state index is 4.79. The summed E-state index contributed by atoms with van der Waals surface area (Å²) in [7, 11) is 0. The van der Waals surface area contributed by atoms with E-state index >= 15 is 0 Å². The molecule has 2 heterocycles. The Morgan fingerprint density at radius 2 is 1.94 bits per heavy atom. The highest BCUT2D eigenvalue weighted by molar-refractivity contribution is 7.17. The third kappa shape index (κ3) is 1.85. The van der Waals surface area contributed by atoms with Gasteiger partial charge in [0, 0.05) is 5.56 Å². The van der Waals surface area contributed by atoms with Crippen molar-refractivity contribution in [3.8, 4) is 11.3 Å². The topological polar surface area (TPSA) is 12.9 Å². The molecule has 0 N–H and O–H groups in total. The van der Waals surface area contributed by atoms with Crippen molar-refractivity contribution in [1.29, 1.82) is 0 Å². The molecule has 2 heteroatoms. The summed E-state index contributed by atoms with van der Waals surface area (Å²) in [6.07, 6.45) is 1.02. The first kappa shape index (κ1) is 10.5. The molecule has 17 heavy (non-hydrogen) atoms. The summed E-state index contributed by atoms with van der Waals surface area (Å²) in [6, 6.07) is 14.8. The largest absolute Gasteiger partial charge is 0.247 e. The molecule has 0 bridgehead atoms. The Morgan fingerprint density at radius 3 is 2.71 bits per heavy atom. The zero-order valence-corrected chi connectivity index (χ0v) is 10.5. The van der Waals surface area contributed by atoms with Crippen molar-refractivity contribution in [2.75, 3.05) is 0 Å². The Bertz CT molecular complexity index is 640. The van der Waals surface area contributed by atoms with Crippen LogP contribution in [0, 0.1) is 0 Å². The fourth-order valence-corrected chi connectivity index (χ4v) is 2.84. The van der Waals surface area contributed by atoms with Gasteiger partial charge in [0.25, 0.3) is 0 Å². The summed E-state index contributed by atoms with van der Waals surface area (Å²) in [5.41, 5.74) is 4.76. The molecule has 2 aromatic heterocycles. The number of aryl methyl sites for hydroxylation is 1. The number of fused-ring (bicyclic) bond motifs is 1. The van der Waals surface area contributed by atoms with Crippen LogP contribution in [0.5, 0.6) is 0 Å². The van der Waals surface area contributed by atoms with E-state index in [1.807, 2.05) is 6.07 Å². The summed E-state index contributed by atoms with van der Waals surface area (Å²) in [5.74, 6) is 0. The van der Waals surface area contributed by atoms with E-state index < -0.39 is 0 Å². The first-order chi connectivity index (χ1) is 8.38. The third-order valence-corrected chi connectivity index (χ3v) is 3.80. The number of rotatable bonds is 2. The van der Waals surface area contributed by atoms with Crippen LogP contribution < -0.4 is 0 Å². The highest BCUT2D eigenvalue weighted by Crippen LogP contribution is 2.28. The molecule has 1 aromatic carbocycles. The molecule has 0 saturated carbocycles. The fourth-order valence-electron chi connectivity index (χ4n) is 2.05. The van der Waals surface area contributed by atoms with E-state index in [-0.39, 0.29) is 0 Å². The molecule has 0 fully saturated rings. The SMILES string of the molecule is CCc1cc2sccc2nc1-c1ccccc1. The molecule has 0 aliphatic carbocycles. The molecule has 0 atom stereocenters. The molecule has 0 aliphatic rings. The highest BCUT2D eigenvalue weighted by atomic mass is 32.1. The molecule has 0 radical (unpaired) electrons. The van der Waals surface area contributed by atoms with E-state index in [1.54, 1.807) is 11.3 Å². The molecular weight excluding hydrogens is 226 g/mol. The number of thiophene rings is 1. The van der Waals surface area contributed by atoms with Crippen molar-refractivity contribution >= 4 is 21.6 Å². The second kappa shape index (κ2) is 4.30. The minimum atomic E-state index is 1.02. The zero-order chi connectivity index (χ0) is 11.7. The van der Waals surface area contributed by atoms with Gasteiger partial charge in [-0.15, -0.1) is 11.3 Å². The molecule has 0 aliphatic heterocycles. The lowest BCUT2D eigenvalue weighted by Gasteiger charge is -2.07. The molecule has 0 amide bonds. The Kier molecular flexibility index (Phi) is 2.65. The van der Waals surface area contributed by atoms with Gasteiger partial charge in [0.2, 0.25) is 0 Å². The van der Waals surface area contributed by atoms with Crippen molar-refractivity contribution in [1.82, 2.24) is 4.98 Å². The maximum Gasteiger partial charge on any atom is 0.0817 e. The van der Waals surface area contributed by atoms with Gasteiger partial charge in [-0.2, -0.15) is 0 Å². The molecule has 1 nitrogen and oxygen atoms in total. The minimum absolute atomic E-state index is 1.02. The van der Waals surface area contributed by atoms with Crippen LogP contribution >= 0.6 is 11.3 Å². The lowest BCUT2D eigenvalue weighted by molar-refractivity contribution is 1.13. The first-order valence-corrected chi connectivity index (χ1v) is 6.69. The quantitative estimate of drug-likeness (QED) is 0.640. The number of benzene rings is 1. The van der Waals surface area contributed by atoms with Gasteiger partial charge in [-0.3, -0.25) is 0 Å². The van der Waals surface area contributed by atoms with Crippen LogP contribution in [0.25, 0.3) is 21.5 Å². The first-order valence-electron chi connectivity index (χ1n) is 5.81. The van der Waals surface area contributed by atoms with Gasteiger partial charge in [-0.25, -0.2) is 4.98 Å². The second-order valence-electron chi connectivity index (χ2n) is 4.02. The maximum atomic E-state index is 4.79. The summed E-state index contributed by atoms with van der Waals surface area (Å²) in [5, 5.41) is 2.10. The predicted molar refractivity (Wildman–Crippen MR) is 74.4 cm³/mol. The van der Waals surface area contributed by atoms with Gasteiger partial charge in [0.15, 0.2) is 0 Å². The number of hydrogen-bond donors (Lipinski definition) is 0. The number of nitrogens with zero attached hydrogens (tertiary/aromatic N) is 1. The van der Waals surface area contributed by atoms with Crippen molar-refractivity contribution < 1.29 is 0 Å². The van der Waals surface area contributed by atoms with E-state index in [0.29, 0.717) is 0 Å². The normalized spacial score (nSPS) is 10.9. The fraction of sp³-hybridized carbons (Fsp3) is 0.133. The summed E-state index contributed by atoms with van der Waals surface area (Å²) in [6.45, 7) is 2.18. The van der Waals surface area contributed by atoms with Gasteiger partial charge >= 0.3 is 0 Å². The second-order valence-corrected chi connectivity index (χ2v) is 4.97. The minimum Gasteiger partial charge on any atom is -0.247 e. The molecule has 84 valence electrons. The lowest BCUT2D eigenvalue weighted by atomic mass is 10.0. The van der Waals surface area contributed by atoms with E-state index in [9.17, 15) is 0 Å². The molecule has 0 spiro atoms. The number of pyridine rings is 1. The van der Waals surface area contributed by atoms with Gasteiger partial charge in [0.05, 0.1) is 15.9 Å². The van der Waals surface area contributed by atoms with Crippen LogP contribution in [-0.2, 0) is 6.42 Å². The molecule has 0 saturated heterocycles. The summed E-state index contributed by atoms with van der Waals surface area (Å²) >= 11 is 1.76. The van der Waals surface area contributed by atoms with E-state index in [1.165, 1.54) is 15.8 Å². The zero-order valence-electron chi connectivity index (χ0n) is 9.68. The molecule has 0 unspecified atom stereocenters. The molecule has 3 aromatic rings. The van der Waals surface area contributed by atoms with Gasteiger partial charge in [-0.1, -0.05) is 37.3 Å². The van der Waals surface area contributed by atoms with Crippen LogP contribution in [-0.4, -0.2) is 4.98 Å². The van der Waals surface area contributed by atoms with Gasteiger partial charge < -0.3 is 0 Å². The van der Waals surface area contributed by atoms with Gasteiger partial charge in [-0.05, 0) is 29.5 Å². The average Bonchev–Trinajstić information content (AvgIpc) is 2.85. The summed E-state index contributed by atoms with van der Waals surface area (Å²) < 4.78 is 1.28. The van der Waals surface area contributed by atoms with E-state index in [4.69, 9.17) is 4.98 Å². The van der Waals surface area contributed by atoms with Crippen LogP contribution in [0.4, 0.5) is 0 Å². The van der Waals surface area contributed by atoms with Crippen molar-refractivity contribution in [3.63, 3.8) is 0 Å². The van der Waals surface area contributed by atoms with Crippen LogP contribution in [0.15, 0.2) is 47.8 Å². The molecular formula is C15H13NS. The number of hydrogen-bond acceptors (Lipinski definition) is 2. The Hall–Kier alpha value is -1.67.